The maximum absolute atomic E-state index is 5.92. The van der Waals surface area contributed by atoms with Crippen LogP contribution in [0.5, 0.6) is 0 Å². The summed E-state index contributed by atoms with van der Waals surface area (Å²) in [4.78, 5) is 0. The molecule has 2 nitrogen and oxygen atoms in total. The predicted octanol–water partition coefficient (Wildman–Crippen LogP) is 4.20. The van der Waals surface area contributed by atoms with E-state index in [2.05, 4.69) is 31.3 Å². The topological polar surface area (TPSA) is 21.3 Å². The van der Waals surface area contributed by atoms with Gasteiger partial charge in [0, 0.05) is 24.2 Å². The van der Waals surface area contributed by atoms with Gasteiger partial charge in [-0.1, -0.05) is 37.1 Å². The minimum atomic E-state index is 0.252. The summed E-state index contributed by atoms with van der Waals surface area (Å²) in [5, 5.41) is 4.36. The molecule has 18 heavy (non-hydrogen) atoms. The molecule has 0 saturated heterocycles. The second-order valence-electron chi connectivity index (χ2n) is 4.57. The molecule has 102 valence electrons. The molecular weight excluding hydrogens is 246 g/mol. The van der Waals surface area contributed by atoms with E-state index in [1.165, 1.54) is 5.56 Å². The van der Waals surface area contributed by atoms with E-state index < -0.39 is 0 Å². The molecule has 0 heterocycles. The van der Waals surface area contributed by atoms with Gasteiger partial charge in [-0.25, -0.2) is 0 Å². The fraction of sp³-hybridized carbons (Fsp3) is 0.600. The minimum absolute atomic E-state index is 0.252. The first-order valence-electron chi connectivity index (χ1n) is 6.77. The van der Waals surface area contributed by atoms with Crippen LogP contribution in [0.3, 0.4) is 0 Å². The summed E-state index contributed by atoms with van der Waals surface area (Å²) in [6.07, 6.45) is 2.53. The molecule has 0 aromatic heterocycles. The third-order valence-electron chi connectivity index (χ3n) is 2.95. The van der Waals surface area contributed by atoms with Crippen LogP contribution in [0, 0.1) is 0 Å². The summed E-state index contributed by atoms with van der Waals surface area (Å²) in [5.41, 5.74) is 1.30. The van der Waals surface area contributed by atoms with Crippen molar-refractivity contribution in [3.05, 3.63) is 34.9 Å². The Kier molecular flexibility index (Phi) is 7.33. The van der Waals surface area contributed by atoms with Gasteiger partial charge < -0.3 is 10.1 Å². The molecule has 0 aliphatic carbocycles. The molecule has 0 fully saturated rings. The highest BCUT2D eigenvalue weighted by molar-refractivity contribution is 6.30. The van der Waals surface area contributed by atoms with E-state index >= 15 is 0 Å². The van der Waals surface area contributed by atoms with Gasteiger partial charge >= 0.3 is 0 Å². The van der Waals surface area contributed by atoms with Crippen LogP contribution < -0.4 is 5.32 Å². The van der Waals surface area contributed by atoms with Crippen LogP contribution >= 0.6 is 11.6 Å². The maximum Gasteiger partial charge on any atom is 0.0671 e. The third kappa shape index (κ3) is 5.38. The molecule has 1 aromatic carbocycles. The summed E-state index contributed by atoms with van der Waals surface area (Å²) in [5.74, 6) is 0. The number of rotatable bonds is 8. The maximum atomic E-state index is 5.92. The Morgan fingerprint density at radius 2 is 1.89 bits per heavy atom. The fourth-order valence-electron chi connectivity index (χ4n) is 2.02. The molecule has 0 aliphatic rings. The summed E-state index contributed by atoms with van der Waals surface area (Å²) < 4.78 is 5.54. The molecule has 0 bridgehead atoms. The largest absolute Gasteiger partial charge is 0.377 e. The first-order chi connectivity index (χ1) is 8.67. The van der Waals surface area contributed by atoms with Crippen LogP contribution in [0.25, 0.3) is 0 Å². The van der Waals surface area contributed by atoms with Crippen molar-refractivity contribution in [1.82, 2.24) is 5.32 Å². The Bertz CT molecular complexity index is 326. The van der Waals surface area contributed by atoms with E-state index in [0.29, 0.717) is 6.04 Å². The second kappa shape index (κ2) is 8.52. The highest BCUT2D eigenvalue weighted by Crippen LogP contribution is 2.20. The lowest BCUT2D eigenvalue weighted by Gasteiger charge is -2.21. The van der Waals surface area contributed by atoms with Gasteiger partial charge in [0.25, 0.3) is 0 Å². The van der Waals surface area contributed by atoms with E-state index in [9.17, 15) is 0 Å². The summed E-state index contributed by atoms with van der Waals surface area (Å²) in [6.45, 7) is 7.97. The Labute approximate surface area is 116 Å². The number of halogens is 1. The summed E-state index contributed by atoms with van der Waals surface area (Å²) >= 11 is 5.92. The van der Waals surface area contributed by atoms with Gasteiger partial charge in [-0.3, -0.25) is 0 Å². The van der Waals surface area contributed by atoms with Crippen LogP contribution in [0.4, 0.5) is 0 Å². The molecular formula is C15H24ClNO. The molecule has 0 spiro atoms. The molecule has 0 saturated carbocycles. The summed E-state index contributed by atoms with van der Waals surface area (Å²) in [7, 11) is 0. The van der Waals surface area contributed by atoms with Crippen molar-refractivity contribution in [3.8, 4) is 0 Å². The van der Waals surface area contributed by atoms with Gasteiger partial charge in [-0.05, 0) is 38.0 Å². The van der Waals surface area contributed by atoms with Gasteiger partial charge in [0.15, 0.2) is 0 Å². The standard InChI is InChI=1S/C15H24ClNO/c1-4-6-15(17-11-12(3)18-5-2)13-7-9-14(16)10-8-13/h7-10,12,15,17H,4-6,11H2,1-3H3. The van der Waals surface area contributed by atoms with E-state index in [1.807, 2.05) is 19.1 Å². The van der Waals surface area contributed by atoms with Crippen molar-refractivity contribution in [3.63, 3.8) is 0 Å². The molecule has 1 aromatic rings. The van der Waals surface area contributed by atoms with Gasteiger partial charge in [0.2, 0.25) is 0 Å². The number of benzene rings is 1. The molecule has 0 amide bonds. The van der Waals surface area contributed by atoms with E-state index in [4.69, 9.17) is 16.3 Å². The van der Waals surface area contributed by atoms with E-state index in [-0.39, 0.29) is 6.10 Å². The zero-order chi connectivity index (χ0) is 13.4. The number of ether oxygens (including phenoxy) is 1. The second-order valence-corrected chi connectivity index (χ2v) is 5.00. The molecule has 0 radical (unpaired) electrons. The highest BCUT2D eigenvalue weighted by atomic mass is 35.5. The van der Waals surface area contributed by atoms with Crippen LogP contribution in [-0.4, -0.2) is 19.3 Å². The Morgan fingerprint density at radius 1 is 1.22 bits per heavy atom. The third-order valence-corrected chi connectivity index (χ3v) is 3.20. The molecule has 3 heteroatoms. The zero-order valence-corrected chi connectivity index (χ0v) is 12.3. The molecule has 1 N–H and O–H groups in total. The van der Waals surface area contributed by atoms with Crippen LogP contribution in [0.2, 0.25) is 5.02 Å². The van der Waals surface area contributed by atoms with Crippen molar-refractivity contribution in [2.45, 2.75) is 45.8 Å². The smallest absolute Gasteiger partial charge is 0.0671 e. The molecule has 0 aliphatic heterocycles. The Hall–Kier alpha value is -0.570. The fourth-order valence-corrected chi connectivity index (χ4v) is 2.15. The lowest BCUT2D eigenvalue weighted by Crippen LogP contribution is -2.30. The lowest BCUT2D eigenvalue weighted by atomic mass is 10.0. The first-order valence-corrected chi connectivity index (χ1v) is 7.15. The van der Waals surface area contributed by atoms with Gasteiger partial charge in [-0.2, -0.15) is 0 Å². The lowest BCUT2D eigenvalue weighted by molar-refractivity contribution is 0.0736. The van der Waals surface area contributed by atoms with Gasteiger partial charge in [-0.15, -0.1) is 0 Å². The van der Waals surface area contributed by atoms with Crippen molar-refractivity contribution in [1.29, 1.82) is 0 Å². The average molecular weight is 270 g/mol. The van der Waals surface area contributed by atoms with Crippen molar-refractivity contribution in [2.24, 2.45) is 0 Å². The zero-order valence-electron chi connectivity index (χ0n) is 11.6. The molecule has 2 atom stereocenters. The van der Waals surface area contributed by atoms with Crippen molar-refractivity contribution < 1.29 is 4.74 Å². The number of hydrogen-bond donors (Lipinski definition) is 1. The normalized spacial score (nSPS) is 14.4. The Balaban J connectivity index is 2.56. The van der Waals surface area contributed by atoms with Crippen LogP contribution in [0.15, 0.2) is 24.3 Å². The van der Waals surface area contributed by atoms with Gasteiger partial charge in [0.05, 0.1) is 6.10 Å². The highest BCUT2D eigenvalue weighted by Gasteiger charge is 2.11. The van der Waals surface area contributed by atoms with Gasteiger partial charge in [0.1, 0.15) is 0 Å². The monoisotopic (exact) mass is 269 g/mol. The minimum Gasteiger partial charge on any atom is -0.377 e. The average Bonchev–Trinajstić information content (AvgIpc) is 2.36. The molecule has 1 rings (SSSR count). The number of hydrogen-bond acceptors (Lipinski definition) is 2. The van der Waals surface area contributed by atoms with E-state index in [0.717, 1.165) is 31.0 Å². The summed E-state index contributed by atoms with van der Waals surface area (Å²) in [6, 6.07) is 8.48. The van der Waals surface area contributed by atoms with Crippen molar-refractivity contribution in [2.75, 3.05) is 13.2 Å². The van der Waals surface area contributed by atoms with Crippen LogP contribution in [-0.2, 0) is 4.74 Å². The number of nitrogens with one attached hydrogen (secondary N) is 1. The quantitative estimate of drug-likeness (QED) is 0.764. The first kappa shape index (κ1) is 15.5. The predicted molar refractivity (Wildman–Crippen MR) is 78.2 cm³/mol. The van der Waals surface area contributed by atoms with E-state index in [1.54, 1.807) is 0 Å². The van der Waals surface area contributed by atoms with Crippen LogP contribution in [0.1, 0.15) is 45.2 Å². The SMILES string of the molecule is CCCC(NCC(C)OCC)c1ccc(Cl)cc1. The van der Waals surface area contributed by atoms with Crippen molar-refractivity contribution >= 4 is 11.6 Å². The Morgan fingerprint density at radius 3 is 2.44 bits per heavy atom. The molecule has 2 unspecified atom stereocenters.